The van der Waals surface area contributed by atoms with E-state index in [1.165, 1.54) is 0 Å². The van der Waals surface area contributed by atoms with Crippen LogP contribution in [0.2, 0.25) is 0 Å². The highest BCUT2D eigenvalue weighted by molar-refractivity contribution is 5.50. The van der Waals surface area contributed by atoms with Gasteiger partial charge in [-0.25, -0.2) is 4.98 Å². The lowest BCUT2D eigenvalue weighted by atomic mass is 10.1. The molecular formula is C13H15N3O2. The molecule has 0 spiro atoms. The van der Waals surface area contributed by atoms with Gasteiger partial charge in [0.2, 0.25) is 5.88 Å². The van der Waals surface area contributed by atoms with Crippen LogP contribution in [-0.2, 0) is 0 Å². The Hall–Kier alpha value is -1.88. The molecule has 0 bridgehead atoms. The summed E-state index contributed by atoms with van der Waals surface area (Å²) in [6.07, 6.45) is 7.19. The molecule has 3 rings (SSSR count). The Morgan fingerprint density at radius 2 is 2.17 bits per heavy atom. The standard InChI is InChI=1S/C13H15N3O2/c1-2-12(17-7-1)11-8-15-9-13(16-11)18-10-3-5-14-6-4-10/h1-2,7-10,14H,3-6H2. The van der Waals surface area contributed by atoms with Crippen molar-refractivity contribution in [3.63, 3.8) is 0 Å². The average Bonchev–Trinajstić information content (AvgIpc) is 2.94. The van der Waals surface area contributed by atoms with Crippen molar-refractivity contribution in [1.29, 1.82) is 0 Å². The summed E-state index contributed by atoms with van der Waals surface area (Å²) in [4.78, 5) is 8.55. The molecule has 0 unspecified atom stereocenters. The molecule has 0 atom stereocenters. The van der Waals surface area contributed by atoms with E-state index in [0.717, 1.165) is 25.9 Å². The second-order valence-electron chi connectivity index (χ2n) is 4.29. The largest absolute Gasteiger partial charge is 0.473 e. The second-order valence-corrected chi connectivity index (χ2v) is 4.29. The van der Waals surface area contributed by atoms with E-state index in [9.17, 15) is 0 Å². The first kappa shape index (κ1) is 11.2. The number of ether oxygens (including phenoxy) is 1. The molecule has 2 aromatic heterocycles. The summed E-state index contributed by atoms with van der Waals surface area (Å²) < 4.78 is 11.1. The van der Waals surface area contributed by atoms with Crippen LogP contribution in [0.3, 0.4) is 0 Å². The number of aromatic nitrogens is 2. The third kappa shape index (κ3) is 2.51. The van der Waals surface area contributed by atoms with Crippen molar-refractivity contribution in [3.05, 3.63) is 30.8 Å². The number of nitrogens with one attached hydrogen (secondary N) is 1. The van der Waals surface area contributed by atoms with E-state index in [1.807, 2.05) is 12.1 Å². The van der Waals surface area contributed by atoms with Gasteiger partial charge in [-0.1, -0.05) is 0 Å². The first-order valence-corrected chi connectivity index (χ1v) is 6.15. The molecule has 0 radical (unpaired) electrons. The number of hydrogen-bond acceptors (Lipinski definition) is 5. The number of piperidine rings is 1. The van der Waals surface area contributed by atoms with Crippen molar-refractivity contribution in [1.82, 2.24) is 15.3 Å². The van der Waals surface area contributed by atoms with Gasteiger partial charge in [0.1, 0.15) is 11.8 Å². The molecule has 1 aliphatic rings. The predicted molar refractivity (Wildman–Crippen MR) is 66.3 cm³/mol. The zero-order chi connectivity index (χ0) is 12.2. The summed E-state index contributed by atoms with van der Waals surface area (Å²) in [5.41, 5.74) is 0.700. The van der Waals surface area contributed by atoms with Gasteiger partial charge < -0.3 is 14.5 Å². The topological polar surface area (TPSA) is 60.2 Å². The van der Waals surface area contributed by atoms with Gasteiger partial charge in [0.05, 0.1) is 18.7 Å². The van der Waals surface area contributed by atoms with Crippen LogP contribution < -0.4 is 10.1 Å². The molecule has 18 heavy (non-hydrogen) atoms. The lowest BCUT2D eigenvalue weighted by Crippen LogP contribution is -2.34. The maximum Gasteiger partial charge on any atom is 0.233 e. The highest BCUT2D eigenvalue weighted by Crippen LogP contribution is 2.20. The summed E-state index contributed by atoms with van der Waals surface area (Å²) in [6.45, 7) is 1.99. The number of nitrogens with zero attached hydrogens (tertiary/aromatic N) is 2. The van der Waals surface area contributed by atoms with Crippen molar-refractivity contribution < 1.29 is 9.15 Å². The predicted octanol–water partition coefficient (Wildman–Crippen LogP) is 1.87. The van der Waals surface area contributed by atoms with Crippen molar-refractivity contribution in [2.24, 2.45) is 0 Å². The minimum Gasteiger partial charge on any atom is -0.473 e. The van der Waals surface area contributed by atoms with E-state index in [2.05, 4.69) is 15.3 Å². The van der Waals surface area contributed by atoms with E-state index >= 15 is 0 Å². The van der Waals surface area contributed by atoms with Crippen LogP contribution in [0.25, 0.3) is 11.5 Å². The molecule has 0 aromatic carbocycles. The molecule has 0 aliphatic carbocycles. The third-order valence-corrected chi connectivity index (χ3v) is 2.96. The normalized spacial score (nSPS) is 16.7. The Morgan fingerprint density at radius 1 is 1.28 bits per heavy atom. The van der Waals surface area contributed by atoms with Crippen LogP contribution >= 0.6 is 0 Å². The molecule has 1 N–H and O–H groups in total. The molecule has 3 heterocycles. The molecule has 0 amide bonds. The summed E-state index contributed by atoms with van der Waals surface area (Å²) in [6, 6.07) is 3.69. The van der Waals surface area contributed by atoms with E-state index in [-0.39, 0.29) is 6.10 Å². The molecular weight excluding hydrogens is 230 g/mol. The molecule has 1 fully saturated rings. The first-order valence-electron chi connectivity index (χ1n) is 6.15. The van der Waals surface area contributed by atoms with Crippen molar-refractivity contribution in [2.75, 3.05) is 13.1 Å². The van der Waals surface area contributed by atoms with Gasteiger partial charge in [-0.2, -0.15) is 0 Å². The molecule has 5 heteroatoms. The average molecular weight is 245 g/mol. The van der Waals surface area contributed by atoms with Gasteiger partial charge in [-0.15, -0.1) is 0 Å². The zero-order valence-electron chi connectivity index (χ0n) is 10.0. The van der Waals surface area contributed by atoms with E-state index in [1.54, 1.807) is 18.7 Å². The zero-order valence-corrected chi connectivity index (χ0v) is 10.0. The minimum absolute atomic E-state index is 0.229. The van der Waals surface area contributed by atoms with Crippen molar-refractivity contribution >= 4 is 0 Å². The fourth-order valence-electron chi connectivity index (χ4n) is 2.03. The maximum atomic E-state index is 5.84. The fourth-order valence-corrected chi connectivity index (χ4v) is 2.03. The summed E-state index contributed by atoms with van der Waals surface area (Å²) in [5, 5.41) is 3.30. The lowest BCUT2D eigenvalue weighted by Gasteiger charge is -2.23. The summed E-state index contributed by atoms with van der Waals surface area (Å²) in [7, 11) is 0. The molecule has 94 valence electrons. The molecule has 5 nitrogen and oxygen atoms in total. The SMILES string of the molecule is c1coc(-c2cncc(OC3CCNCC3)n2)c1. The maximum absolute atomic E-state index is 5.84. The molecule has 0 saturated carbocycles. The quantitative estimate of drug-likeness (QED) is 0.894. The van der Waals surface area contributed by atoms with Gasteiger partial charge in [-0.05, 0) is 38.1 Å². The van der Waals surface area contributed by atoms with Crippen molar-refractivity contribution in [2.45, 2.75) is 18.9 Å². The van der Waals surface area contributed by atoms with Gasteiger partial charge >= 0.3 is 0 Å². The highest BCUT2D eigenvalue weighted by Gasteiger charge is 2.15. The summed E-state index contributed by atoms with van der Waals surface area (Å²) >= 11 is 0. The summed E-state index contributed by atoms with van der Waals surface area (Å²) in [5.74, 6) is 1.27. The number of rotatable bonds is 3. The highest BCUT2D eigenvalue weighted by atomic mass is 16.5. The Kier molecular flexibility index (Phi) is 3.23. The lowest BCUT2D eigenvalue weighted by molar-refractivity contribution is 0.155. The van der Waals surface area contributed by atoms with Crippen LogP contribution in [0.15, 0.2) is 35.2 Å². The van der Waals surface area contributed by atoms with Crippen LogP contribution in [0.5, 0.6) is 5.88 Å². The molecule has 1 aliphatic heterocycles. The van der Waals surface area contributed by atoms with Crippen LogP contribution in [-0.4, -0.2) is 29.2 Å². The van der Waals surface area contributed by atoms with Crippen LogP contribution in [0.1, 0.15) is 12.8 Å². The van der Waals surface area contributed by atoms with Crippen LogP contribution in [0, 0.1) is 0 Å². The first-order chi connectivity index (χ1) is 8.92. The van der Waals surface area contributed by atoms with E-state index < -0.39 is 0 Å². The van der Waals surface area contributed by atoms with E-state index in [4.69, 9.17) is 9.15 Å². The smallest absolute Gasteiger partial charge is 0.233 e. The van der Waals surface area contributed by atoms with Gasteiger partial charge in [0, 0.05) is 0 Å². The van der Waals surface area contributed by atoms with E-state index in [0.29, 0.717) is 17.3 Å². The molecule has 1 saturated heterocycles. The van der Waals surface area contributed by atoms with Crippen molar-refractivity contribution in [3.8, 4) is 17.3 Å². The van der Waals surface area contributed by atoms with Gasteiger partial charge in [0.25, 0.3) is 0 Å². The van der Waals surface area contributed by atoms with Gasteiger partial charge in [-0.3, -0.25) is 4.98 Å². The monoisotopic (exact) mass is 245 g/mol. The van der Waals surface area contributed by atoms with Crippen LogP contribution in [0.4, 0.5) is 0 Å². The Balaban J connectivity index is 1.74. The Morgan fingerprint density at radius 3 is 2.94 bits per heavy atom. The fraction of sp³-hybridized carbons (Fsp3) is 0.385. The Labute approximate surface area is 105 Å². The number of hydrogen-bond donors (Lipinski definition) is 1. The minimum atomic E-state index is 0.229. The van der Waals surface area contributed by atoms with Gasteiger partial charge in [0.15, 0.2) is 5.76 Å². The second kappa shape index (κ2) is 5.18. The number of furan rings is 1. The Bertz CT molecular complexity index is 493. The molecule has 2 aromatic rings. The third-order valence-electron chi connectivity index (χ3n) is 2.96.